The van der Waals surface area contributed by atoms with E-state index in [0.29, 0.717) is 12.5 Å². The molecule has 1 unspecified atom stereocenters. The molecule has 4 nitrogen and oxygen atoms in total. The molecule has 1 atom stereocenters. The average Bonchev–Trinajstić information content (AvgIpc) is 2.21. The molecule has 0 aliphatic rings. The summed E-state index contributed by atoms with van der Waals surface area (Å²) in [5.74, 6) is 0.245. The number of carbonyl (C=O) groups is 1. The van der Waals surface area contributed by atoms with Crippen LogP contribution in [0.5, 0.6) is 0 Å². The Balaban J connectivity index is 3.31. The van der Waals surface area contributed by atoms with Crippen LogP contribution in [-0.2, 0) is 9.53 Å². The van der Waals surface area contributed by atoms with Crippen LogP contribution in [0.3, 0.4) is 0 Å². The van der Waals surface area contributed by atoms with Gasteiger partial charge in [0, 0.05) is 13.2 Å². The Bertz CT molecular complexity index is 171. The lowest BCUT2D eigenvalue weighted by molar-refractivity contribution is -0.127. The molecule has 0 bridgehead atoms. The molecule has 4 heteroatoms. The van der Waals surface area contributed by atoms with Crippen molar-refractivity contribution in [2.45, 2.75) is 39.7 Å². The molecular formula is C11H23NO3. The highest BCUT2D eigenvalue weighted by atomic mass is 16.5. The molecule has 0 fully saturated rings. The highest BCUT2D eigenvalue weighted by Crippen LogP contribution is 2.02. The van der Waals surface area contributed by atoms with Gasteiger partial charge in [-0.15, -0.1) is 0 Å². The molecule has 0 spiro atoms. The van der Waals surface area contributed by atoms with Gasteiger partial charge in [0.15, 0.2) is 0 Å². The van der Waals surface area contributed by atoms with Gasteiger partial charge in [-0.3, -0.25) is 4.79 Å². The highest BCUT2D eigenvalue weighted by Gasteiger charge is 2.03. The Hall–Kier alpha value is -0.610. The molecule has 15 heavy (non-hydrogen) atoms. The van der Waals surface area contributed by atoms with E-state index in [0.717, 1.165) is 12.8 Å². The van der Waals surface area contributed by atoms with Crippen LogP contribution in [0.25, 0.3) is 0 Å². The summed E-state index contributed by atoms with van der Waals surface area (Å²) in [7, 11) is 0. The summed E-state index contributed by atoms with van der Waals surface area (Å²) in [5.41, 5.74) is 0. The minimum absolute atomic E-state index is 0.0691. The summed E-state index contributed by atoms with van der Waals surface area (Å²) in [6, 6.07) is 0. The Kier molecular flexibility index (Phi) is 8.33. The first kappa shape index (κ1) is 14.4. The van der Waals surface area contributed by atoms with Gasteiger partial charge in [-0.1, -0.05) is 6.92 Å². The van der Waals surface area contributed by atoms with Crippen molar-refractivity contribution in [1.82, 2.24) is 5.32 Å². The van der Waals surface area contributed by atoms with Gasteiger partial charge in [0.05, 0.1) is 6.10 Å². The van der Waals surface area contributed by atoms with Crippen molar-refractivity contribution < 1.29 is 14.6 Å². The number of aliphatic hydroxyl groups is 1. The molecule has 0 saturated carbocycles. The highest BCUT2D eigenvalue weighted by molar-refractivity contribution is 5.77. The number of ether oxygens (including phenoxy) is 1. The zero-order chi connectivity index (χ0) is 11.7. The summed E-state index contributed by atoms with van der Waals surface area (Å²) in [6.45, 7) is 6.79. The van der Waals surface area contributed by atoms with Crippen molar-refractivity contribution in [3.8, 4) is 0 Å². The second-order valence-corrected chi connectivity index (χ2v) is 4.14. The van der Waals surface area contributed by atoms with E-state index >= 15 is 0 Å². The summed E-state index contributed by atoms with van der Waals surface area (Å²) in [6.07, 6.45) is 1.92. The van der Waals surface area contributed by atoms with Crippen molar-refractivity contribution in [1.29, 1.82) is 0 Å². The lowest BCUT2D eigenvalue weighted by Crippen LogP contribution is -2.29. The number of nitrogens with one attached hydrogen (secondary N) is 1. The van der Waals surface area contributed by atoms with E-state index in [9.17, 15) is 4.79 Å². The molecule has 0 aliphatic carbocycles. The molecule has 0 aromatic carbocycles. The first-order chi connectivity index (χ1) is 7.06. The number of hydrogen-bond donors (Lipinski definition) is 2. The molecule has 0 rings (SSSR count). The average molecular weight is 217 g/mol. The first-order valence-corrected chi connectivity index (χ1v) is 5.55. The summed E-state index contributed by atoms with van der Waals surface area (Å²) in [5, 5.41) is 11.6. The fourth-order valence-corrected chi connectivity index (χ4v) is 1.06. The van der Waals surface area contributed by atoms with Gasteiger partial charge < -0.3 is 15.2 Å². The Labute approximate surface area is 92.0 Å². The molecule has 1 amide bonds. The number of hydrogen-bond acceptors (Lipinski definition) is 3. The van der Waals surface area contributed by atoms with Crippen molar-refractivity contribution in [3.63, 3.8) is 0 Å². The fourth-order valence-electron chi connectivity index (χ4n) is 1.06. The maximum atomic E-state index is 11.2. The van der Waals surface area contributed by atoms with Crippen LogP contribution in [0.15, 0.2) is 0 Å². The van der Waals surface area contributed by atoms with E-state index in [2.05, 4.69) is 5.32 Å². The molecule has 0 saturated heterocycles. The predicted molar refractivity (Wildman–Crippen MR) is 59.6 cm³/mol. The van der Waals surface area contributed by atoms with E-state index < -0.39 is 0 Å². The molecule has 0 aromatic heterocycles. The molecule has 90 valence electrons. The number of rotatable bonds is 8. The van der Waals surface area contributed by atoms with Crippen LogP contribution in [0, 0.1) is 5.92 Å². The fraction of sp³-hybridized carbons (Fsp3) is 0.909. The third-order valence-electron chi connectivity index (χ3n) is 2.06. The van der Waals surface area contributed by atoms with Crippen LogP contribution < -0.4 is 5.32 Å². The zero-order valence-electron chi connectivity index (χ0n) is 9.95. The monoisotopic (exact) mass is 217 g/mol. The molecule has 0 aliphatic heterocycles. The first-order valence-electron chi connectivity index (χ1n) is 5.55. The smallest absolute Gasteiger partial charge is 0.246 e. The minimum Gasteiger partial charge on any atom is -0.396 e. The van der Waals surface area contributed by atoms with Gasteiger partial charge in [0.25, 0.3) is 0 Å². The van der Waals surface area contributed by atoms with Crippen LogP contribution in [-0.4, -0.2) is 36.9 Å². The van der Waals surface area contributed by atoms with Gasteiger partial charge in [0.2, 0.25) is 5.91 Å². The second kappa shape index (κ2) is 8.68. The lowest BCUT2D eigenvalue weighted by atomic mass is 10.1. The van der Waals surface area contributed by atoms with E-state index in [4.69, 9.17) is 9.84 Å². The quantitative estimate of drug-likeness (QED) is 0.595. The van der Waals surface area contributed by atoms with Gasteiger partial charge in [-0.05, 0) is 32.6 Å². The van der Waals surface area contributed by atoms with Crippen molar-refractivity contribution in [3.05, 3.63) is 0 Å². The number of aliphatic hydroxyl groups excluding tert-OH is 1. The second-order valence-electron chi connectivity index (χ2n) is 4.14. The van der Waals surface area contributed by atoms with E-state index in [1.165, 1.54) is 0 Å². The van der Waals surface area contributed by atoms with Gasteiger partial charge in [-0.25, -0.2) is 0 Å². The predicted octanol–water partition coefficient (Wildman–Crippen LogP) is 0.936. The maximum absolute atomic E-state index is 11.2. The van der Waals surface area contributed by atoms with Gasteiger partial charge in [0.1, 0.15) is 6.61 Å². The zero-order valence-corrected chi connectivity index (χ0v) is 9.95. The lowest BCUT2D eigenvalue weighted by Gasteiger charge is -2.09. The standard InChI is InChI=1S/C11H23NO3/c1-9(2)15-8-11(14)12-6-4-5-10(3)7-13/h9-10,13H,4-8H2,1-3H3,(H,12,14). The Morgan fingerprint density at radius 2 is 2.07 bits per heavy atom. The van der Waals surface area contributed by atoms with Gasteiger partial charge >= 0.3 is 0 Å². The van der Waals surface area contributed by atoms with Crippen LogP contribution in [0.2, 0.25) is 0 Å². The topological polar surface area (TPSA) is 58.6 Å². The van der Waals surface area contributed by atoms with E-state index in [1.54, 1.807) is 0 Å². The SMILES string of the molecule is CC(CO)CCCNC(=O)COC(C)C. The Morgan fingerprint density at radius 3 is 2.60 bits per heavy atom. The minimum atomic E-state index is -0.0691. The largest absolute Gasteiger partial charge is 0.396 e. The molecule has 0 heterocycles. The summed E-state index contributed by atoms with van der Waals surface area (Å²) >= 11 is 0. The molecule has 0 radical (unpaired) electrons. The van der Waals surface area contributed by atoms with E-state index in [-0.39, 0.29) is 25.2 Å². The van der Waals surface area contributed by atoms with Crippen molar-refractivity contribution in [2.24, 2.45) is 5.92 Å². The van der Waals surface area contributed by atoms with E-state index in [1.807, 2.05) is 20.8 Å². The third kappa shape index (κ3) is 9.69. The number of amides is 1. The van der Waals surface area contributed by atoms with Gasteiger partial charge in [-0.2, -0.15) is 0 Å². The number of carbonyl (C=O) groups excluding carboxylic acids is 1. The molecule has 0 aromatic rings. The van der Waals surface area contributed by atoms with Crippen molar-refractivity contribution in [2.75, 3.05) is 19.8 Å². The molecule has 2 N–H and O–H groups in total. The van der Waals surface area contributed by atoms with Crippen LogP contribution in [0.1, 0.15) is 33.6 Å². The maximum Gasteiger partial charge on any atom is 0.246 e. The molecular weight excluding hydrogens is 194 g/mol. The van der Waals surface area contributed by atoms with Crippen LogP contribution in [0.4, 0.5) is 0 Å². The third-order valence-corrected chi connectivity index (χ3v) is 2.06. The normalized spacial score (nSPS) is 12.9. The van der Waals surface area contributed by atoms with Crippen LogP contribution >= 0.6 is 0 Å². The van der Waals surface area contributed by atoms with Crippen molar-refractivity contribution >= 4 is 5.91 Å². The summed E-state index contributed by atoms with van der Waals surface area (Å²) < 4.78 is 5.15. The summed E-state index contributed by atoms with van der Waals surface area (Å²) in [4.78, 5) is 11.2. The Morgan fingerprint density at radius 1 is 1.40 bits per heavy atom.